The number of rotatable bonds is 12. The predicted molar refractivity (Wildman–Crippen MR) is 90.7 cm³/mol. The first-order valence-electron chi connectivity index (χ1n) is 7.96. The van der Waals surface area contributed by atoms with Gasteiger partial charge in [-0.2, -0.15) is 0 Å². The van der Waals surface area contributed by atoms with Gasteiger partial charge < -0.3 is 14.6 Å². The van der Waals surface area contributed by atoms with Crippen molar-refractivity contribution in [1.29, 1.82) is 0 Å². The molecule has 0 aromatic heterocycles. The summed E-state index contributed by atoms with van der Waals surface area (Å²) < 4.78 is 11.1. The fraction of sp³-hybridized carbons (Fsp3) is 0.647. The number of nitrogens with one attached hydrogen (secondary N) is 1. The normalized spacial score (nSPS) is 13.8. The van der Waals surface area contributed by atoms with Crippen LogP contribution in [0.1, 0.15) is 32.3 Å². The van der Waals surface area contributed by atoms with Gasteiger partial charge in [-0.05, 0) is 37.5 Å². The molecule has 0 aliphatic rings. The summed E-state index contributed by atoms with van der Waals surface area (Å²) in [6, 6.07) is 7.91. The van der Waals surface area contributed by atoms with Gasteiger partial charge in [-0.25, -0.2) is 0 Å². The van der Waals surface area contributed by atoms with Crippen LogP contribution in [0.4, 0.5) is 0 Å². The molecule has 0 saturated carbocycles. The molecule has 0 fully saturated rings. The Morgan fingerprint density at radius 2 is 1.95 bits per heavy atom. The fourth-order valence-corrected chi connectivity index (χ4v) is 1.93. The summed E-state index contributed by atoms with van der Waals surface area (Å²) >= 11 is 5.75. The number of alkyl halides is 1. The quantitative estimate of drug-likeness (QED) is 0.352. The van der Waals surface area contributed by atoms with Crippen LogP contribution in [0.25, 0.3) is 0 Å². The molecule has 0 amide bonds. The Bertz CT molecular complexity index is 384. The number of benzene rings is 1. The average Bonchev–Trinajstić information content (AvgIpc) is 2.52. The number of ether oxygens (including phenoxy) is 2. The monoisotopic (exact) mass is 329 g/mol. The third-order valence-corrected chi connectivity index (χ3v) is 3.33. The maximum atomic E-state index is 9.74. The molecular formula is C17H28ClNO3. The van der Waals surface area contributed by atoms with E-state index in [4.69, 9.17) is 21.1 Å². The highest BCUT2D eigenvalue weighted by molar-refractivity contribution is 6.20. The standard InChI is InChI=1S/C17H28ClNO3/c1-3-4-10-21-11-9-15-5-7-17(8-6-15)22-13-16(20)12-19-14(2)18/h5-8,14,16,19-20H,3-4,9-13H2,1-2H3. The molecule has 22 heavy (non-hydrogen) atoms. The van der Waals surface area contributed by atoms with Crippen LogP contribution >= 0.6 is 11.6 Å². The first-order chi connectivity index (χ1) is 10.6. The van der Waals surface area contributed by atoms with Gasteiger partial charge in [0.2, 0.25) is 0 Å². The molecule has 0 saturated heterocycles. The second kappa shape index (κ2) is 11.7. The van der Waals surface area contributed by atoms with Crippen molar-refractivity contribution in [3.63, 3.8) is 0 Å². The smallest absolute Gasteiger partial charge is 0.119 e. The van der Waals surface area contributed by atoms with Crippen molar-refractivity contribution in [1.82, 2.24) is 5.32 Å². The van der Waals surface area contributed by atoms with Crippen molar-refractivity contribution in [2.45, 2.75) is 44.7 Å². The minimum Gasteiger partial charge on any atom is -0.491 e. The van der Waals surface area contributed by atoms with Crippen molar-refractivity contribution < 1.29 is 14.6 Å². The third-order valence-electron chi connectivity index (χ3n) is 3.18. The molecule has 5 heteroatoms. The molecule has 1 rings (SSSR count). The van der Waals surface area contributed by atoms with Crippen LogP contribution in [0.2, 0.25) is 0 Å². The molecule has 1 aromatic carbocycles. The molecule has 0 aliphatic heterocycles. The van der Waals surface area contributed by atoms with Crippen LogP contribution < -0.4 is 10.1 Å². The van der Waals surface area contributed by atoms with E-state index in [0.717, 1.165) is 38.2 Å². The molecule has 2 N–H and O–H groups in total. The SMILES string of the molecule is CCCCOCCc1ccc(OCC(O)CNC(C)Cl)cc1. The van der Waals surface area contributed by atoms with Gasteiger partial charge >= 0.3 is 0 Å². The Kier molecular flexibility index (Phi) is 10.2. The number of aliphatic hydroxyl groups excluding tert-OH is 1. The second-order valence-electron chi connectivity index (χ2n) is 5.35. The first kappa shape index (κ1) is 19.2. The van der Waals surface area contributed by atoms with Gasteiger partial charge in [0.15, 0.2) is 0 Å². The van der Waals surface area contributed by atoms with E-state index in [-0.39, 0.29) is 12.1 Å². The van der Waals surface area contributed by atoms with Crippen LogP contribution in [-0.4, -0.2) is 43.1 Å². The van der Waals surface area contributed by atoms with Gasteiger partial charge in [-0.15, -0.1) is 11.6 Å². The second-order valence-corrected chi connectivity index (χ2v) is 6.00. The maximum Gasteiger partial charge on any atom is 0.119 e. The van der Waals surface area contributed by atoms with E-state index in [1.807, 2.05) is 31.2 Å². The molecule has 2 unspecified atom stereocenters. The molecule has 0 aliphatic carbocycles. The lowest BCUT2D eigenvalue weighted by atomic mass is 10.1. The molecule has 2 atom stereocenters. The summed E-state index contributed by atoms with van der Waals surface area (Å²) in [5.41, 5.74) is 1.07. The molecule has 4 nitrogen and oxygen atoms in total. The van der Waals surface area contributed by atoms with E-state index in [9.17, 15) is 5.11 Å². The van der Waals surface area contributed by atoms with Crippen molar-refractivity contribution in [2.24, 2.45) is 0 Å². The predicted octanol–water partition coefficient (Wildman–Crippen LogP) is 2.96. The topological polar surface area (TPSA) is 50.7 Å². The lowest BCUT2D eigenvalue weighted by Gasteiger charge is -2.14. The van der Waals surface area contributed by atoms with E-state index >= 15 is 0 Å². The lowest BCUT2D eigenvalue weighted by Crippen LogP contribution is -2.34. The summed E-state index contributed by atoms with van der Waals surface area (Å²) in [5, 5.41) is 12.7. The van der Waals surface area contributed by atoms with E-state index in [1.165, 1.54) is 5.56 Å². The zero-order valence-corrected chi connectivity index (χ0v) is 14.3. The minimum absolute atomic E-state index is 0.159. The van der Waals surface area contributed by atoms with E-state index < -0.39 is 6.10 Å². The van der Waals surface area contributed by atoms with Crippen LogP contribution in [0.15, 0.2) is 24.3 Å². The molecule has 0 spiro atoms. The highest BCUT2D eigenvalue weighted by Crippen LogP contribution is 2.13. The van der Waals surface area contributed by atoms with Gasteiger partial charge in [0, 0.05) is 13.2 Å². The zero-order chi connectivity index (χ0) is 16.2. The van der Waals surface area contributed by atoms with Gasteiger partial charge in [0.1, 0.15) is 18.5 Å². The van der Waals surface area contributed by atoms with Gasteiger partial charge in [-0.1, -0.05) is 25.5 Å². The maximum absolute atomic E-state index is 9.74. The molecule has 126 valence electrons. The Hall–Kier alpha value is -0.810. The van der Waals surface area contributed by atoms with E-state index in [1.54, 1.807) is 0 Å². The number of unbranched alkanes of at least 4 members (excludes halogenated alkanes) is 1. The molecule has 0 bridgehead atoms. The highest BCUT2D eigenvalue weighted by atomic mass is 35.5. The average molecular weight is 330 g/mol. The van der Waals surface area contributed by atoms with Gasteiger partial charge in [-0.3, -0.25) is 5.32 Å². The van der Waals surface area contributed by atoms with E-state index in [0.29, 0.717) is 6.54 Å². The molecule has 0 radical (unpaired) electrons. The Morgan fingerprint density at radius 1 is 1.23 bits per heavy atom. The Morgan fingerprint density at radius 3 is 2.59 bits per heavy atom. The summed E-state index contributed by atoms with van der Waals surface area (Å²) in [4.78, 5) is 0. The fourth-order valence-electron chi connectivity index (χ4n) is 1.84. The molecular weight excluding hydrogens is 302 g/mol. The van der Waals surface area contributed by atoms with Gasteiger partial charge in [0.05, 0.1) is 12.1 Å². The molecule has 0 heterocycles. The Labute approximate surface area is 138 Å². The molecule has 1 aromatic rings. The Balaban J connectivity index is 2.21. The third kappa shape index (κ3) is 9.26. The number of hydrogen-bond donors (Lipinski definition) is 2. The van der Waals surface area contributed by atoms with Gasteiger partial charge in [0.25, 0.3) is 0 Å². The van der Waals surface area contributed by atoms with Crippen molar-refractivity contribution in [3.8, 4) is 5.75 Å². The van der Waals surface area contributed by atoms with Crippen LogP contribution in [0.5, 0.6) is 5.75 Å². The zero-order valence-electron chi connectivity index (χ0n) is 13.6. The summed E-state index contributed by atoms with van der Waals surface area (Å²) in [7, 11) is 0. The summed E-state index contributed by atoms with van der Waals surface area (Å²) in [6.45, 7) is 6.23. The summed E-state index contributed by atoms with van der Waals surface area (Å²) in [5.74, 6) is 0.758. The van der Waals surface area contributed by atoms with Crippen molar-refractivity contribution >= 4 is 11.6 Å². The summed E-state index contributed by atoms with van der Waals surface area (Å²) in [6.07, 6.45) is 2.61. The van der Waals surface area contributed by atoms with Crippen LogP contribution in [-0.2, 0) is 11.2 Å². The van der Waals surface area contributed by atoms with E-state index in [2.05, 4.69) is 12.2 Å². The lowest BCUT2D eigenvalue weighted by molar-refractivity contribution is 0.106. The van der Waals surface area contributed by atoms with Crippen LogP contribution in [0.3, 0.4) is 0 Å². The van der Waals surface area contributed by atoms with Crippen molar-refractivity contribution in [3.05, 3.63) is 29.8 Å². The first-order valence-corrected chi connectivity index (χ1v) is 8.40. The number of halogens is 1. The number of hydrogen-bond acceptors (Lipinski definition) is 4. The highest BCUT2D eigenvalue weighted by Gasteiger charge is 2.06. The van der Waals surface area contributed by atoms with Crippen molar-refractivity contribution in [2.75, 3.05) is 26.4 Å². The van der Waals surface area contributed by atoms with Crippen LogP contribution in [0, 0.1) is 0 Å². The minimum atomic E-state index is -0.576. The largest absolute Gasteiger partial charge is 0.491 e. The number of aliphatic hydroxyl groups is 1.